The third-order valence-electron chi connectivity index (χ3n) is 5.96. The Balaban J connectivity index is 1.37. The average Bonchev–Trinajstić information content (AvgIpc) is 3.20. The fraction of sp³-hybridized carbons (Fsp3) is 0.269. The molecule has 1 N–H and O–H groups in total. The molecule has 0 unspecified atom stereocenters. The van der Waals surface area contributed by atoms with Crippen LogP contribution in [0.4, 0.5) is 0 Å². The molecule has 0 spiro atoms. The number of hydrogen-bond donors (Lipinski definition) is 1. The van der Waals surface area contributed by atoms with E-state index in [9.17, 15) is 13.2 Å². The predicted octanol–water partition coefficient (Wildman–Crippen LogP) is 4.42. The van der Waals surface area contributed by atoms with Gasteiger partial charge in [-0.3, -0.25) is 9.69 Å². The number of Topliss-reactive ketones (excluding diaryl/α,β-unsaturated/α-hetero) is 1. The minimum absolute atomic E-state index is 0.134. The summed E-state index contributed by atoms with van der Waals surface area (Å²) in [6.07, 6.45) is 0.757. The molecule has 1 atom stereocenters. The number of hydrogen-bond acceptors (Lipinski definition) is 4. The molecule has 32 heavy (non-hydrogen) atoms. The van der Waals surface area contributed by atoms with Crippen LogP contribution >= 0.6 is 0 Å². The molecule has 3 aromatic rings. The topological polar surface area (TPSA) is 66.5 Å². The lowest BCUT2D eigenvalue weighted by Gasteiger charge is -2.17. The summed E-state index contributed by atoms with van der Waals surface area (Å²) in [7, 11) is -3.68. The number of aryl methyl sites for hydroxylation is 1. The van der Waals surface area contributed by atoms with Crippen molar-refractivity contribution in [2.45, 2.75) is 37.8 Å². The Morgan fingerprint density at radius 3 is 2.38 bits per heavy atom. The van der Waals surface area contributed by atoms with Crippen LogP contribution in [0.3, 0.4) is 0 Å². The Morgan fingerprint density at radius 2 is 1.69 bits per heavy atom. The minimum atomic E-state index is -3.68. The lowest BCUT2D eigenvalue weighted by atomic mass is 10.0. The van der Waals surface area contributed by atoms with Crippen molar-refractivity contribution in [1.29, 1.82) is 0 Å². The molecule has 1 heterocycles. The Bertz CT molecular complexity index is 1210. The summed E-state index contributed by atoms with van der Waals surface area (Å²) in [5.74, 6) is -0.134. The lowest BCUT2D eigenvalue weighted by molar-refractivity contribution is 0.101. The summed E-state index contributed by atoms with van der Waals surface area (Å²) in [5, 5.41) is 0. The van der Waals surface area contributed by atoms with E-state index < -0.39 is 10.0 Å². The highest BCUT2D eigenvalue weighted by atomic mass is 32.2. The van der Waals surface area contributed by atoms with Crippen LogP contribution in [0.5, 0.6) is 0 Å². The first kappa shape index (κ1) is 22.4. The van der Waals surface area contributed by atoms with Crippen molar-refractivity contribution in [2.75, 3.05) is 13.1 Å². The zero-order valence-electron chi connectivity index (χ0n) is 18.4. The highest BCUT2D eigenvalue weighted by Gasteiger charge is 2.27. The highest BCUT2D eigenvalue weighted by Crippen LogP contribution is 2.22. The van der Waals surface area contributed by atoms with Gasteiger partial charge in [-0.25, -0.2) is 13.1 Å². The van der Waals surface area contributed by atoms with Crippen LogP contribution in [0, 0.1) is 6.92 Å². The molecule has 0 amide bonds. The molecule has 0 saturated carbocycles. The maximum Gasteiger partial charge on any atom is 0.240 e. The van der Waals surface area contributed by atoms with Crippen molar-refractivity contribution in [3.63, 3.8) is 0 Å². The van der Waals surface area contributed by atoms with E-state index in [-0.39, 0.29) is 16.7 Å². The number of sulfonamides is 1. The van der Waals surface area contributed by atoms with Gasteiger partial charge in [0.1, 0.15) is 0 Å². The molecule has 5 nitrogen and oxygen atoms in total. The van der Waals surface area contributed by atoms with Crippen molar-refractivity contribution >= 4 is 15.8 Å². The lowest BCUT2D eigenvalue weighted by Crippen LogP contribution is -2.37. The van der Waals surface area contributed by atoms with Gasteiger partial charge in [0.2, 0.25) is 10.0 Å². The number of ketones is 1. The Hall–Kier alpha value is -2.80. The van der Waals surface area contributed by atoms with Crippen molar-refractivity contribution in [3.05, 3.63) is 89.5 Å². The molecule has 0 aromatic heterocycles. The molecule has 1 aliphatic rings. The van der Waals surface area contributed by atoms with Crippen LogP contribution in [0.2, 0.25) is 0 Å². The maximum absolute atomic E-state index is 12.9. The van der Waals surface area contributed by atoms with E-state index in [0.717, 1.165) is 25.1 Å². The number of nitrogens with zero attached hydrogens (tertiary/aromatic N) is 1. The van der Waals surface area contributed by atoms with Gasteiger partial charge in [0.15, 0.2) is 5.78 Å². The summed E-state index contributed by atoms with van der Waals surface area (Å²) in [6.45, 7) is 5.53. The quantitative estimate of drug-likeness (QED) is 0.544. The Morgan fingerprint density at radius 1 is 1.00 bits per heavy atom. The van der Waals surface area contributed by atoms with E-state index in [0.29, 0.717) is 12.1 Å². The second-order valence-electron chi connectivity index (χ2n) is 8.44. The normalized spacial score (nSPS) is 16.9. The molecule has 3 aromatic carbocycles. The number of nitrogens with one attached hydrogen (secondary N) is 1. The highest BCUT2D eigenvalue weighted by molar-refractivity contribution is 7.89. The molecule has 6 heteroatoms. The number of carbonyl (C=O) groups is 1. The minimum Gasteiger partial charge on any atom is -0.297 e. The van der Waals surface area contributed by atoms with E-state index in [1.165, 1.54) is 29.7 Å². The Labute approximate surface area is 190 Å². The zero-order chi connectivity index (χ0) is 22.7. The van der Waals surface area contributed by atoms with Crippen LogP contribution in [-0.4, -0.2) is 38.2 Å². The Kier molecular flexibility index (Phi) is 6.55. The van der Waals surface area contributed by atoms with Gasteiger partial charge in [0, 0.05) is 31.2 Å². The fourth-order valence-electron chi connectivity index (χ4n) is 4.20. The molecule has 0 radical (unpaired) electrons. The zero-order valence-corrected chi connectivity index (χ0v) is 19.2. The van der Waals surface area contributed by atoms with Gasteiger partial charge in [-0.05, 0) is 54.7 Å². The molecular weight excluding hydrogens is 420 g/mol. The van der Waals surface area contributed by atoms with E-state index in [2.05, 4.69) is 46.0 Å². The van der Waals surface area contributed by atoms with Gasteiger partial charge in [-0.2, -0.15) is 0 Å². The monoisotopic (exact) mass is 448 g/mol. The molecule has 0 bridgehead atoms. The van der Waals surface area contributed by atoms with Crippen LogP contribution in [0.25, 0.3) is 11.1 Å². The van der Waals surface area contributed by atoms with Gasteiger partial charge in [0.25, 0.3) is 0 Å². The summed E-state index contributed by atoms with van der Waals surface area (Å²) in [4.78, 5) is 14.2. The van der Waals surface area contributed by atoms with Crippen LogP contribution in [0.15, 0.2) is 77.7 Å². The first-order valence-corrected chi connectivity index (χ1v) is 12.3. The molecular formula is C26H28N2O3S. The number of carbonyl (C=O) groups excluding carboxylic acids is 1. The van der Waals surface area contributed by atoms with E-state index in [1.807, 2.05) is 25.1 Å². The van der Waals surface area contributed by atoms with Gasteiger partial charge >= 0.3 is 0 Å². The molecule has 4 rings (SSSR count). The van der Waals surface area contributed by atoms with Crippen molar-refractivity contribution in [1.82, 2.24) is 9.62 Å². The fourth-order valence-corrected chi connectivity index (χ4v) is 5.49. The molecule has 1 aliphatic heterocycles. The van der Waals surface area contributed by atoms with E-state index >= 15 is 0 Å². The smallest absolute Gasteiger partial charge is 0.240 e. The van der Waals surface area contributed by atoms with Gasteiger partial charge < -0.3 is 0 Å². The SMILES string of the molecule is CC(=O)c1cc(S(=O)(=O)N[C@@H]2CCN(Cc3ccc(-c4ccccc4)cc3)C2)ccc1C. The largest absolute Gasteiger partial charge is 0.297 e. The van der Waals surface area contributed by atoms with E-state index in [4.69, 9.17) is 0 Å². The van der Waals surface area contributed by atoms with Gasteiger partial charge in [0.05, 0.1) is 4.90 Å². The average molecular weight is 449 g/mol. The molecule has 1 fully saturated rings. The summed E-state index contributed by atoms with van der Waals surface area (Å²) >= 11 is 0. The van der Waals surface area contributed by atoms with Gasteiger partial charge in [-0.1, -0.05) is 60.7 Å². The summed E-state index contributed by atoms with van der Waals surface area (Å²) in [6, 6.07) is 23.4. The van der Waals surface area contributed by atoms with Crippen LogP contribution < -0.4 is 4.72 Å². The first-order chi connectivity index (χ1) is 15.3. The van der Waals surface area contributed by atoms with Crippen LogP contribution in [0.1, 0.15) is 34.8 Å². The standard InChI is InChI=1S/C26H28N2O3S/c1-19-8-13-25(16-26(19)20(2)29)32(30,31)27-24-14-15-28(18-24)17-21-9-11-23(12-10-21)22-6-4-3-5-7-22/h3-13,16,24,27H,14-15,17-18H2,1-2H3/t24-/m1/s1. The molecule has 1 saturated heterocycles. The third kappa shape index (κ3) is 5.15. The first-order valence-electron chi connectivity index (χ1n) is 10.8. The van der Waals surface area contributed by atoms with E-state index in [1.54, 1.807) is 12.1 Å². The summed E-state index contributed by atoms with van der Waals surface area (Å²) in [5.41, 5.74) is 4.81. The molecule has 166 valence electrons. The van der Waals surface area contributed by atoms with Crippen molar-refractivity contribution in [3.8, 4) is 11.1 Å². The second-order valence-corrected chi connectivity index (χ2v) is 10.2. The second kappa shape index (κ2) is 9.36. The summed E-state index contributed by atoms with van der Waals surface area (Å²) < 4.78 is 28.6. The number of rotatable bonds is 7. The van der Waals surface area contributed by atoms with Gasteiger partial charge in [-0.15, -0.1) is 0 Å². The molecule has 0 aliphatic carbocycles. The number of likely N-dealkylation sites (tertiary alicyclic amines) is 1. The van der Waals surface area contributed by atoms with Crippen LogP contribution in [-0.2, 0) is 16.6 Å². The van der Waals surface area contributed by atoms with Crippen molar-refractivity contribution < 1.29 is 13.2 Å². The van der Waals surface area contributed by atoms with Crippen molar-refractivity contribution in [2.24, 2.45) is 0 Å². The number of benzene rings is 3. The maximum atomic E-state index is 12.9. The predicted molar refractivity (Wildman–Crippen MR) is 127 cm³/mol. The third-order valence-corrected chi connectivity index (χ3v) is 7.48.